The van der Waals surface area contributed by atoms with E-state index in [1.165, 1.54) is 24.1 Å². The molecule has 2 aliphatic carbocycles. The molecule has 0 spiro atoms. The molecule has 3 rings (SSSR count). The Morgan fingerprint density at radius 1 is 1.43 bits per heavy atom. The lowest BCUT2D eigenvalue weighted by Crippen LogP contribution is -2.06. The van der Waals surface area contributed by atoms with Crippen molar-refractivity contribution >= 4 is 17.1 Å². The third kappa shape index (κ3) is 1.10. The van der Waals surface area contributed by atoms with Gasteiger partial charge in [0.25, 0.3) is 0 Å². The maximum absolute atomic E-state index is 12.1. The predicted octanol–water partition coefficient (Wildman–Crippen LogP) is 3.29. The molecule has 2 atom stereocenters. The van der Waals surface area contributed by atoms with Crippen molar-refractivity contribution < 1.29 is 4.79 Å². The fourth-order valence-corrected chi connectivity index (χ4v) is 3.73. The molecule has 0 radical (unpaired) electrons. The van der Waals surface area contributed by atoms with Crippen LogP contribution in [0.3, 0.4) is 0 Å². The molecule has 2 heteroatoms. The van der Waals surface area contributed by atoms with Gasteiger partial charge in [0.1, 0.15) is 0 Å². The Labute approximate surface area is 88.1 Å². The lowest BCUT2D eigenvalue weighted by molar-refractivity contribution is 0.0951. The Morgan fingerprint density at radius 2 is 2.14 bits per heavy atom. The van der Waals surface area contributed by atoms with Crippen molar-refractivity contribution in [1.29, 1.82) is 0 Å². The second kappa shape index (κ2) is 2.93. The van der Waals surface area contributed by atoms with Crippen LogP contribution in [-0.2, 0) is 0 Å². The van der Waals surface area contributed by atoms with E-state index < -0.39 is 0 Å². The Bertz CT molecular complexity index is 369. The minimum atomic E-state index is 0.400. The first kappa shape index (κ1) is 8.66. The van der Waals surface area contributed by atoms with E-state index in [9.17, 15) is 4.79 Å². The van der Waals surface area contributed by atoms with Crippen LogP contribution in [-0.4, -0.2) is 5.78 Å². The summed E-state index contributed by atoms with van der Waals surface area (Å²) in [6.07, 6.45) is 3.94. The summed E-state index contributed by atoms with van der Waals surface area (Å²) in [6.45, 7) is 2.05. The Balaban J connectivity index is 1.82. The van der Waals surface area contributed by atoms with Crippen molar-refractivity contribution in [2.75, 3.05) is 0 Å². The molecule has 14 heavy (non-hydrogen) atoms. The minimum absolute atomic E-state index is 0.400. The van der Waals surface area contributed by atoms with Crippen LogP contribution in [0.25, 0.3) is 0 Å². The molecular weight excluding hydrogens is 192 g/mol. The molecule has 0 saturated heterocycles. The topological polar surface area (TPSA) is 17.1 Å². The molecule has 0 aliphatic heterocycles. The summed E-state index contributed by atoms with van der Waals surface area (Å²) in [5, 5.41) is 2.03. The van der Waals surface area contributed by atoms with Crippen molar-refractivity contribution in [3.63, 3.8) is 0 Å². The minimum Gasteiger partial charge on any atom is -0.294 e. The molecule has 2 unspecified atom stereocenters. The van der Waals surface area contributed by atoms with Crippen molar-refractivity contribution in [1.82, 2.24) is 0 Å². The summed E-state index contributed by atoms with van der Waals surface area (Å²) in [6, 6.07) is 2.00. The number of carbonyl (C=O) groups is 1. The third-order valence-corrected chi connectivity index (χ3v) is 4.68. The molecular formula is C12H14OS. The third-order valence-electron chi connectivity index (χ3n) is 3.83. The number of carbonyl (C=O) groups excluding carboxylic acids is 1. The molecule has 0 bridgehead atoms. The van der Waals surface area contributed by atoms with Gasteiger partial charge in [0.15, 0.2) is 5.78 Å². The molecule has 74 valence electrons. The molecule has 1 aromatic rings. The van der Waals surface area contributed by atoms with E-state index in [1.54, 1.807) is 11.3 Å². The zero-order valence-electron chi connectivity index (χ0n) is 8.32. The van der Waals surface area contributed by atoms with Gasteiger partial charge in [0, 0.05) is 16.4 Å². The fourth-order valence-electron chi connectivity index (χ4n) is 3.03. The first-order chi connectivity index (χ1) is 6.79. The Hall–Kier alpha value is -0.630. The summed E-state index contributed by atoms with van der Waals surface area (Å²) in [7, 11) is 0. The van der Waals surface area contributed by atoms with Crippen LogP contribution >= 0.6 is 11.3 Å². The lowest BCUT2D eigenvalue weighted by Gasteiger charge is -2.01. The van der Waals surface area contributed by atoms with Crippen molar-refractivity contribution in [2.45, 2.75) is 26.2 Å². The van der Waals surface area contributed by atoms with Crippen molar-refractivity contribution in [3.05, 3.63) is 21.9 Å². The van der Waals surface area contributed by atoms with Gasteiger partial charge in [-0.2, -0.15) is 0 Å². The van der Waals surface area contributed by atoms with Gasteiger partial charge in [-0.15, -0.1) is 11.3 Å². The van der Waals surface area contributed by atoms with Crippen LogP contribution in [0.5, 0.6) is 0 Å². The Morgan fingerprint density at radius 3 is 2.71 bits per heavy atom. The number of ketones is 1. The van der Waals surface area contributed by atoms with Crippen LogP contribution in [0.15, 0.2) is 11.4 Å². The van der Waals surface area contributed by atoms with Gasteiger partial charge in [0.2, 0.25) is 0 Å². The van der Waals surface area contributed by atoms with E-state index in [0.717, 1.165) is 17.4 Å². The number of aryl methyl sites for hydroxylation is 1. The van der Waals surface area contributed by atoms with Gasteiger partial charge in [-0.05, 0) is 43.0 Å². The summed E-state index contributed by atoms with van der Waals surface area (Å²) < 4.78 is 0. The van der Waals surface area contributed by atoms with E-state index in [2.05, 4.69) is 6.92 Å². The van der Waals surface area contributed by atoms with E-state index in [-0.39, 0.29) is 0 Å². The van der Waals surface area contributed by atoms with Gasteiger partial charge in [0.05, 0.1) is 0 Å². The summed E-state index contributed by atoms with van der Waals surface area (Å²) in [5.41, 5.74) is 0.995. The number of rotatable bonds is 2. The molecule has 1 heterocycles. The largest absolute Gasteiger partial charge is 0.294 e. The summed E-state index contributed by atoms with van der Waals surface area (Å²) >= 11 is 1.69. The van der Waals surface area contributed by atoms with Gasteiger partial charge < -0.3 is 0 Å². The fraction of sp³-hybridized carbons (Fsp3) is 0.583. The van der Waals surface area contributed by atoms with Crippen molar-refractivity contribution in [2.24, 2.45) is 17.8 Å². The highest BCUT2D eigenvalue weighted by Crippen LogP contribution is 2.58. The number of hydrogen-bond donors (Lipinski definition) is 0. The van der Waals surface area contributed by atoms with Crippen molar-refractivity contribution in [3.8, 4) is 0 Å². The molecule has 2 fully saturated rings. The first-order valence-corrected chi connectivity index (χ1v) is 6.25. The quantitative estimate of drug-likeness (QED) is 0.679. The molecule has 0 amide bonds. The van der Waals surface area contributed by atoms with Crippen LogP contribution in [0.1, 0.15) is 34.5 Å². The maximum atomic E-state index is 12.1. The van der Waals surface area contributed by atoms with E-state index in [1.807, 2.05) is 11.4 Å². The molecule has 0 N–H and O–H groups in total. The number of fused-ring (bicyclic) bond motifs is 1. The van der Waals surface area contributed by atoms with E-state index in [0.29, 0.717) is 11.7 Å². The van der Waals surface area contributed by atoms with Crippen LogP contribution in [0, 0.1) is 24.7 Å². The summed E-state index contributed by atoms with van der Waals surface area (Å²) in [4.78, 5) is 13.3. The molecule has 0 aromatic carbocycles. The first-order valence-electron chi connectivity index (χ1n) is 5.37. The number of hydrogen-bond acceptors (Lipinski definition) is 2. The SMILES string of the molecule is Cc1sccc1C(=O)C1C2CCCC21. The maximum Gasteiger partial charge on any atom is 0.167 e. The highest BCUT2D eigenvalue weighted by atomic mass is 32.1. The average Bonchev–Trinajstić information content (AvgIpc) is 2.57. The second-order valence-electron chi connectivity index (χ2n) is 4.54. The van der Waals surface area contributed by atoms with Gasteiger partial charge in [-0.3, -0.25) is 4.79 Å². The van der Waals surface area contributed by atoms with Crippen LogP contribution < -0.4 is 0 Å². The van der Waals surface area contributed by atoms with Crippen LogP contribution in [0.4, 0.5) is 0 Å². The standard InChI is InChI=1S/C12H14OS/c1-7-8(5-6-14-7)12(13)11-9-3-2-4-10(9)11/h5-6,9-11H,2-4H2,1H3. The lowest BCUT2D eigenvalue weighted by atomic mass is 10.0. The smallest absolute Gasteiger partial charge is 0.167 e. The molecule has 2 aliphatic rings. The molecule has 2 saturated carbocycles. The normalized spacial score (nSPS) is 34.2. The average molecular weight is 206 g/mol. The zero-order valence-corrected chi connectivity index (χ0v) is 9.14. The van der Waals surface area contributed by atoms with E-state index >= 15 is 0 Å². The number of Topliss-reactive ketones (excluding diaryl/α,β-unsaturated/α-hetero) is 1. The van der Waals surface area contributed by atoms with E-state index in [4.69, 9.17) is 0 Å². The Kier molecular flexibility index (Phi) is 1.81. The van der Waals surface area contributed by atoms with Gasteiger partial charge in [-0.1, -0.05) is 6.42 Å². The van der Waals surface area contributed by atoms with Gasteiger partial charge in [-0.25, -0.2) is 0 Å². The predicted molar refractivity (Wildman–Crippen MR) is 57.7 cm³/mol. The second-order valence-corrected chi connectivity index (χ2v) is 5.66. The molecule has 1 nitrogen and oxygen atoms in total. The zero-order chi connectivity index (χ0) is 9.71. The summed E-state index contributed by atoms with van der Waals surface area (Å²) in [5.74, 6) is 2.33. The monoisotopic (exact) mass is 206 g/mol. The van der Waals surface area contributed by atoms with Crippen LogP contribution in [0.2, 0.25) is 0 Å². The number of thiophene rings is 1. The highest BCUT2D eigenvalue weighted by molar-refractivity contribution is 7.10. The highest BCUT2D eigenvalue weighted by Gasteiger charge is 2.56. The van der Waals surface area contributed by atoms with Gasteiger partial charge >= 0.3 is 0 Å². The molecule has 1 aromatic heterocycles.